The molecule has 1 N–H and O–H groups in total. The van der Waals surface area contributed by atoms with E-state index >= 15 is 0 Å². The fourth-order valence-corrected chi connectivity index (χ4v) is 3.30. The van der Waals surface area contributed by atoms with Crippen molar-refractivity contribution in [2.24, 2.45) is 0 Å². The Hall–Kier alpha value is -1.32. The summed E-state index contributed by atoms with van der Waals surface area (Å²) < 4.78 is 0. The third-order valence-corrected chi connectivity index (χ3v) is 5.07. The van der Waals surface area contributed by atoms with Gasteiger partial charge in [0.2, 0.25) is 0 Å². The molecule has 4 nitrogen and oxygen atoms in total. The van der Waals surface area contributed by atoms with Crippen LogP contribution < -0.4 is 10.2 Å². The van der Waals surface area contributed by atoms with Crippen LogP contribution in [0.25, 0.3) is 0 Å². The minimum absolute atomic E-state index is 0.605. The molecule has 2 aliphatic carbocycles. The van der Waals surface area contributed by atoms with Crippen molar-refractivity contribution in [2.45, 2.75) is 76.8 Å². The van der Waals surface area contributed by atoms with Gasteiger partial charge in [-0.3, -0.25) is 0 Å². The molecule has 0 radical (unpaired) electrons. The SMILES string of the molecule is Cc1c(NC2CC2)nc(C2CC2)nc1N1CCCCC1C. The molecule has 0 bridgehead atoms. The maximum absolute atomic E-state index is 4.97. The maximum Gasteiger partial charge on any atom is 0.137 e. The minimum Gasteiger partial charge on any atom is -0.367 e. The number of anilines is 2. The van der Waals surface area contributed by atoms with Crippen LogP contribution >= 0.6 is 0 Å². The highest BCUT2D eigenvalue weighted by Gasteiger charge is 2.31. The van der Waals surface area contributed by atoms with E-state index in [2.05, 4.69) is 24.1 Å². The molecule has 1 aromatic heterocycles. The van der Waals surface area contributed by atoms with Crippen LogP contribution in [0.1, 0.15) is 69.2 Å². The van der Waals surface area contributed by atoms with Gasteiger partial charge in [0.15, 0.2) is 0 Å². The Kier molecular flexibility index (Phi) is 3.27. The van der Waals surface area contributed by atoms with Crippen LogP contribution in [0.2, 0.25) is 0 Å². The molecule has 3 aliphatic rings. The third kappa shape index (κ3) is 2.72. The van der Waals surface area contributed by atoms with Crippen molar-refractivity contribution in [3.8, 4) is 0 Å². The molecule has 1 aliphatic heterocycles. The second kappa shape index (κ2) is 5.15. The van der Waals surface area contributed by atoms with Gasteiger partial charge in [0.25, 0.3) is 0 Å². The van der Waals surface area contributed by atoms with Gasteiger partial charge in [-0.05, 0) is 58.8 Å². The average molecular weight is 286 g/mol. The number of nitrogens with zero attached hydrogens (tertiary/aromatic N) is 3. The zero-order chi connectivity index (χ0) is 14.4. The normalized spacial score (nSPS) is 26.0. The lowest BCUT2D eigenvalue weighted by Gasteiger charge is -2.35. The summed E-state index contributed by atoms with van der Waals surface area (Å²) in [6.07, 6.45) is 9.03. The molecule has 1 atom stereocenters. The van der Waals surface area contributed by atoms with E-state index in [-0.39, 0.29) is 0 Å². The zero-order valence-corrected chi connectivity index (χ0v) is 13.2. The summed E-state index contributed by atoms with van der Waals surface area (Å²) in [5, 5.41) is 3.62. The second-order valence-corrected chi connectivity index (χ2v) is 7.11. The van der Waals surface area contributed by atoms with E-state index in [0.717, 1.165) is 18.2 Å². The van der Waals surface area contributed by atoms with Crippen LogP contribution in [0.15, 0.2) is 0 Å². The van der Waals surface area contributed by atoms with E-state index in [1.165, 1.54) is 56.3 Å². The van der Waals surface area contributed by atoms with Crippen LogP contribution in [-0.4, -0.2) is 28.6 Å². The van der Waals surface area contributed by atoms with Crippen LogP contribution in [0.3, 0.4) is 0 Å². The lowest BCUT2D eigenvalue weighted by Crippen LogP contribution is -2.38. The first kappa shape index (κ1) is 13.4. The van der Waals surface area contributed by atoms with Crippen molar-refractivity contribution in [1.82, 2.24) is 9.97 Å². The molecule has 0 amide bonds. The van der Waals surface area contributed by atoms with E-state index in [1.54, 1.807) is 0 Å². The van der Waals surface area contributed by atoms with Gasteiger partial charge in [-0.15, -0.1) is 0 Å². The monoisotopic (exact) mass is 286 g/mol. The van der Waals surface area contributed by atoms with Gasteiger partial charge in [0, 0.05) is 30.1 Å². The van der Waals surface area contributed by atoms with E-state index < -0.39 is 0 Å². The molecular formula is C17H26N4. The molecule has 0 aromatic carbocycles. The van der Waals surface area contributed by atoms with E-state index in [4.69, 9.17) is 9.97 Å². The van der Waals surface area contributed by atoms with Crippen molar-refractivity contribution in [1.29, 1.82) is 0 Å². The van der Waals surface area contributed by atoms with Gasteiger partial charge in [-0.25, -0.2) is 9.97 Å². The Balaban J connectivity index is 1.70. The largest absolute Gasteiger partial charge is 0.367 e. The van der Waals surface area contributed by atoms with Crippen LogP contribution in [0.4, 0.5) is 11.6 Å². The molecule has 2 heterocycles. The number of hydrogen-bond donors (Lipinski definition) is 1. The smallest absolute Gasteiger partial charge is 0.137 e. The summed E-state index contributed by atoms with van der Waals surface area (Å²) >= 11 is 0. The van der Waals surface area contributed by atoms with Crippen molar-refractivity contribution in [2.75, 3.05) is 16.8 Å². The number of hydrogen-bond acceptors (Lipinski definition) is 4. The molecule has 4 heteroatoms. The van der Waals surface area contributed by atoms with Gasteiger partial charge in [-0.2, -0.15) is 0 Å². The van der Waals surface area contributed by atoms with E-state index in [1.807, 2.05) is 0 Å². The number of rotatable bonds is 4. The molecule has 2 saturated carbocycles. The van der Waals surface area contributed by atoms with E-state index in [9.17, 15) is 0 Å². The summed E-state index contributed by atoms with van der Waals surface area (Å²) in [6, 6.07) is 1.26. The average Bonchev–Trinajstić information content (AvgIpc) is 3.36. The highest BCUT2D eigenvalue weighted by atomic mass is 15.2. The number of piperidine rings is 1. The standard InChI is InChI=1S/C17H26N4/c1-11-5-3-4-10-21(11)17-12(2)15(18-14-8-9-14)19-16(20-17)13-6-7-13/h11,13-14H,3-10H2,1-2H3,(H,18,19,20). The van der Waals surface area contributed by atoms with E-state index in [0.29, 0.717) is 18.0 Å². The molecule has 3 fully saturated rings. The minimum atomic E-state index is 0.605. The summed E-state index contributed by atoms with van der Waals surface area (Å²) in [5.74, 6) is 3.99. The van der Waals surface area contributed by atoms with Gasteiger partial charge in [0.05, 0.1) is 0 Å². The fourth-order valence-electron chi connectivity index (χ4n) is 3.30. The molecule has 1 saturated heterocycles. The lowest BCUT2D eigenvalue weighted by atomic mass is 10.0. The summed E-state index contributed by atoms with van der Waals surface area (Å²) in [6.45, 7) is 5.68. The molecular weight excluding hydrogens is 260 g/mol. The molecule has 1 unspecified atom stereocenters. The molecule has 1 aromatic rings. The first-order valence-corrected chi connectivity index (χ1v) is 8.64. The molecule has 114 valence electrons. The van der Waals surface area contributed by atoms with Crippen LogP contribution in [0.5, 0.6) is 0 Å². The Labute approximate surface area is 127 Å². The molecule has 4 rings (SSSR count). The Morgan fingerprint density at radius 2 is 1.86 bits per heavy atom. The number of nitrogens with one attached hydrogen (secondary N) is 1. The summed E-state index contributed by atoms with van der Waals surface area (Å²) in [7, 11) is 0. The predicted octanol–water partition coefficient (Wildman–Crippen LogP) is 3.62. The van der Waals surface area contributed by atoms with Crippen LogP contribution in [-0.2, 0) is 0 Å². The zero-order valence-electron chi connectivity index (χ0n) is 13.2. The first-order chi connectivity index (χ1) is 10.2. The Bertz CT molecular complexity index is 534. The first-order valence-electron chi connectivity index (χ1n) is 8.64. The van der Waals surface area contributed by atoms with Gasteiger partial charge >= 0.3 is 0 Å². The summed E-state index contributed by atoms with van der Waals surface area (Å²) in [5.41, 5.74) is 1.25. The highest BCUT2D eigenvalue weighted by Crippen LogP contribution is 2.41. The van der Waals surface area contributed by atoms with Crippen molar-refractivity contribution >= 4 is 11.6 Å². The lowest BCUT2D eigenvalue weighted by molar-refractivity contribution is 0.479. The maximum atomic E-state index is 4.97. The van der Waals surface area contributed by atoms with Gasteiger partial charge in [-0.1, -0.05) is 0 Å². The third-order valence-electron chi connectivity index (χ3n) is 5.07. The molecule has 21 heavy (non-hydrogen) atoms. The Morgan fingerprint density at radius 1 is 1.05 bits per heavy atom. The Morgan fingerprint density at radius 3 is 2.52 bits per heavy atom. The van der Waals surface area contributed by atoms with Crippen molar-refractivity contribution in [3.05, 3.63) is 11.4 Å². The van der Waals surface area contributed by atoms with Crippen molar-refractivity contribution in [3.63, 3.8) is 0 Å². The van der Waals surface area contributed by atoms with Gasteiger partial charge < -0.3 is 10.2 Å². The van der Waals surface area contributed by atoms with Gasteiger partial charge in [0.1, 0.15) is 17.5 Å². The molecule has 0 spiro atoms. The highest BCUT2D eigenvalue weighted by molar-refractivity contribution is 5.60. The summed E-state index contributed by atoms with van der Waals surface area (Å²) in [4.78, 5) is 12.3. The van der Waals surface area contributed by atoms with Crippen LogP contribution in [0, 0.1) is 6.92 Å². The number of aromatic nitrogens is 2. The quantitative estimate of drug-likeness (QED) is 0.918. The topological polar surface area (TPSA) is 41.1 Å². The van der Waals surface area contributed by atoms with Crippen molar-refractivity contribution < 1.29 is 0 Å². The fraction of sp³-hybridized carbons (Fsp3) is 0.765. The predicted molar refractivity (Wildman–Crippen MR) is 86.0 cm³/mol. The second-order valence-electron chi connectivity index (χ2n) is 7.11.